The maximum absolute atomic E-state index is 12.6. The monoisotopic (exact) mass is 382 g/mol. The van der Waals surface area contributed by atoms with Gasteiger partial charge in [0.25, 0.3) is 11.5 Å². The molecule has 4 rings (SSSR count). The number of nitrogens with one attached hydrogen (secondary N) is 1. The summed E-state index contributed by atoms with van der Waals surface area (Å²) in [6.07, 6.45) is 3.14. The quantitative estimate of drug-likeness (QED) is 0.699. The van der Waals surface area contributed by atoms with Crippen LogP contribution in [0.25, 0.3) is 10.9 Å². The van der Waals surface area contributed by atoms with Crippen molar-refractivity contribution in [2.45, 2.75) is 6.54 Å². The molecule has 1 fully saturated rings. The Labute approximate surface area is 161 Å². The van der Waals surface area contributed by atoms with Gasteiger partial charge in [0.05, 0.1) is 30.4 Å². The van der Waals surface area contributed by atoms with Gasteiger partial charge in [-0.25, -0.2) is 4.98 Å². The van der Waals surface area contributed by atoms with Crippen LogP contribution in [0.1, 0.15) is 10.5 Å². The molecule has 0 atom stereocenters. The molecule has 146 valence electrons. The minimum atomic E-state index is -0.0661. The van der Waals surface area contributed by atoms with Crippen molar-refractivity contribution in [2.24, 2.45) is 0 Å². The van der Waals surface area contributed by atoms with Gasteiger partial charge in [-0.2, -0.15) is 5.10 Å². The minimum Gasteiger partial charge on any atom is -0.383 e. The van der Waals surface area contributed by atoms with Crippen molar-refractivity contribution in [3.63, 3.8) is 0 Å². The van der Waals surface area contributed by atoms with E-state index in [0.29, 0.717) is 42.8 Å². The number of ether oxygens (including phenoxy) is 1. The van der Waals surface area contributed by atoms with Crippen LogP contribution >= 0.6 is 0 Å². The van der Waals surface area contributed by atoms with Gasteiger partial charge in [0.1, 0.15) is 5.69 Å². The molecule has 0 saturated carbocycles. The second-order valence-electron chi connectivity index (χ2n) is 6.69. The third-order valence-electron chi connectivity index (χ3n) is 5.01. The van der Waals surface area contributed by atoms with Gasteiger partial charge in [0, 0.05) is 45.2 Å². The summed E-state index contributed by atoms with van der Waals surface area (Å²) in [5.74, 6) is -0.0334. The lowest BCUT2D eigenvalue weighted by molar-refractivity contribution is 0.0741. The number of hydrogen-bond donors (Lipinski definition) is 1. The standard InChI is InChI=1S/C19H22N6O3/c1-28-11-10-25-13-20-17-12-14(2-3-15(17)18(25)26)23-6-8-24(9-7-23)19(27)16-4-5-21-22-16/h2-5,12-13H,6-11H2,1H3,(H,21,22). The second kappa shape index (κ2) is 7.81. The molecule has 2 aromatic heterocycles. The van der Waals surface area contributed by atoms with E-state index in [9.17, 15) is 9.59 Å². The molecule has 28 heavy (non-hydrogen) atoms. The highest BCUT2D eigenvalue weighted by Gasteiger charge is 2.23. The van der Waals surface area contributed by atoms with Gasteiger partial charge in [-0.15, -0.1) is 0 Å². The number of carbonyl (C=O) groups excluding carboxylic acids is 1. The number of rotatable bonds is 5. The van der Waals surface area contributed by atoms with Gasteiger partial charge in [-0.3, -0.25) is 19.3 Å². The molecular weight excluding hydrogens is 360 g/mol. The number of H-pyrrole nitrogens is 1. The third-order valence-corrected chi connectivity index (χ3v) is 5.01. The zero-order valence-electron chi connectivity index (χ0n) is 15.7. The average Bonchev–Trinajstić information content (AvgIpc) is 3.27. The number of aromatic nitrogens is 4. The van der Waals surface area contributed by atoms with E-state index in [1.54, 1.807) is 30.3 Å². The van der Waals surface area contributed by atoms with Gasteiger partial charge in [0.15, 0.2) is 0 Å². The second-order valence-corrected chi connectivity index (χ2v) is 6.69. The van der Waals surface area contributed by atoms with Crippen LogP contribution < -0.4 is 10.5 Å². The SMILES string of the molecule is COCCn1cnc2cc(N3CCN(C(=O)c4ccn[nH]4)CC3)ccc2c1=O. The molecule has 0 radical (unpaired) electrons. The zero-order chi connectivity index (χ0) is 19.5. The fourth-order valence-corrected chi connectivity index (χ4v) is 3.41. The number of fused-ring (bicyclic) bond motifs is 1. The van der Waals surface area contributed by atoms with Gasteiger partial charge in [0.2, 0.25) is 0 Å². The molecule has 1 amide bonds. The van der Waals surface area contributed by atoms with Crippen molar-refractivity contribution in [2.75, 3.05) is 44.8 Å². The summed E-state index contributed by atoms with van der Waals surface area (Å²) < 4.78 is 6.59. The summed E-state index contributed by atoms with van der Waals surface area (Å²) in [6.45, 7) is 3.63. The highest BCUT2D eigenvalue weighted by Crippen LogP contribution is 2.21. The number of carbonyl (C=O) groups is 1. The largest absolute Gasteiger partial charge is 0.383 e. The molecule has 0 aliphatic carbocycles. The first-order chi connectivity index (χ1) is 13.7. The zero-order valence-corrected chi connectivity index (χ0v) is 15.7. The van der Waals surface area contributed by atoms with Crippen LogP contribution in [0.4, 0.5) is 5.69 Å². The van der Waals surface area contributed by atoms with E-state index in [0.717, 1.165) is 18.8 Å². The summed E-state index contributed by atoms with van der Waals surface area (Å²) in [7, 11) is 1.61. The van der Waals surface area contributed by atoms with Gasteiger partial charge in [-0.1, -0.05) is 0 Å². The Hall–Kier alpha value is -3.20. The van der Waals surface area contributed by atoms with Crippen molar-refractivity contribution in [1.82, 2.24) is 24.6 Å². The van der Waals surface area contributed by atoms with Crippen molar-refractivity contribution >= 4 is 22.5 Å². The molecule has 9 nitrogen and oxygen atoms in total. The number of piperazine rings is 1. The lowest BCUT2D eigenvalue weighted by Crippen LogP contribution is -2.48. The van der Waals surface area contributed by atoms with Crippen molar-refractivity contribution < 1.29 is 9.53 Å². The van der Waals surface area contributed by atoms with E-state index in [4.69, 9.17) is 4.74 Å². The van der Waals surface area contributed by atoms with Crippen LogP contribution in [-0.2, 0) is 11.3 Å². The topological polar surface area (TPSA) is 96.3 Å². The lowest BCUT2D eigenvalue weighted by Gasteiger charge is -2.36. The number of aromatic amines is 1. The Morgan fingerprint density at radius 1 is 1.21 bits per heavy atom. The van der Waals surface area contributed by atoms with Gasteiger partial charge < -0.3 is 14.5 Å². The fraction of sp³-hybridized carbons (Fsp3) is 0.368. The van der Waals surface area contributed by atoms with E-state index in [2.05, 4.69) is 20.1 Å². The fourth-order valence-electron chi connectivity index (χ4n) is 3.41. The first-order valence-corrected chi connectivity index (χ1v) is 9.19. The summed E-state index contributed by atoms with van der Waals surface area (Å²) >= 11 is 0. The third kappa shape index (κ3) is 3.48. The highest BCUT2D eigenvalue weighted by atomic mass is 16.5. The number of amides is 1. The Morgan fingerprint density at radius 2 is 2.04 bits per heavy atom. The number of anilines is 1. The van der Waals surface area contributed by atoms with Crippen LogP contribution in [0.3, 0.4) is 0 Å². The van der Waals surface area contributed by atoms with E-state index in [1.807, 2.05) is 23.1 Å². The van der Waals surface area contributed by atoms with E-state index >= 15 is 0 Å². The summed E-state index contributed by atoms with van der Waals surface area (Å²) in [4.78, 5) is 33.4. The summed E-state index contributed by atoms with van der Waals surface area (Å²) in [6, 6.07) is 7.39. The molecule has 1 N–H and O–H groups in total. The number of nitrogens with zero attached hydrogens (tertiary/aromatic N) is 5. The van der Waals surface area contributed by atoms with E-state index in [-0.39, 0.29) is 11.5 Å². The van der Waals surface area contributed by atoms with Crippen molar-refractivity contribution in [1.29, 1.82) is 0 Å². The maximum atomic E-state index is 12.6. The molecule has 0 bridgehead atoms. The Morgan fingerprint density at radius 3 is 2.75 bits per heavy atom. The molecule has 9 heteroatoms. The minimum absolute atomic E-state index is 0.0334. The molecule has 0 unspecified atom stereocenters. The van der Waals surface area contributed by atoms with Gasteiger partial charge in [-0.05, 0) is 24.3 Å². The molecule has 1 aliphatic heterocycles. The normalized spacial score (nSPS) is 14.6. The van der Waals surface area contributed by atoms with Crippen LogP contribution in [-0.4, -0.2) is 70.5 Å². The Balaban J connectivity index is 1.48. The van der Waals surface area contributed by atoms with Crippen LogP contribution in [0.15, 0.2) is 41.6 Å². The lowest BCUT2D eigenvalue weighted by atomic mass is 10.2. The molecule has 3 aromatic rings. The predicted octanol–water partition coefficient (Wildman–Crippen LogP) is 0.728. The summed E-state index contributed by atoms with van der Waals surface area (Å²) in [5.41, 5.74) is 2.12. The van der Waals surface area contributed by atoms with E-state index < -0.39 is 0 Å². The van der Waals surface area contributed by atoms with Crippen LogP contribution in [0, 0.1) is 0 Å². The number of benzene rings is 1. The molecule has 1 saturated heterocycles. The van der Waals surface area contributed by atoms with Crippen LogP contribution in [0.5, 0.6) is 0 Å². The van der Waals surface area contributed by atoms with E-state index in [1.165, 1.54) is 0 Å². The van der Waals surface area contributed by atoms with Crippen molar-refractivity contribution in [3.05, 3.63) is 52.8 Å². The Kier molecular flexibility index (Phi) is 5.07. The smallest absolute Gasteiger partial charge is 0.271 e. The molecular formula is C19H22N6O3. The Bertz CT molecular complexity index is 1020. The molecule has 0 spiro atoms. The van der Waals surface area contributed by atoms with Crippen molar-refractivity contribution in [3.8, 4) is 0 Å². The van der Waals surface area contributed by atoms with Gasteiger partial charge >= 0.3 is 0 Å². The molecule has 1 aromatic carbocycles. The molecule has 3 heterocycles. The molecule has 1 aliphatic rings. The first kappa shape index (κ1) is 18.2. The summed E-state index contributed by atoms with van der Waals surface area (Å²) in [5, 5.41) is 7.15. The number of hydrogen-bond acceptors (Lipinski definition) is 6. The number of methoxy groups -OCH3 is 1. The average molecular weight is 382 g/mol. The highest BCUT2D eigenvalue weighted by molar-refractivity contribution is 5.92. The maximum Gasteiger partial charge on any atom is 0.271 e. The first-order valence-electron chi connectivity index (χ1n) is 9.19. The van der Waals surface area contributed by atoms with Crippen LogP contribution in [0.2, 0.25) is 0 Å². The predicted molar refractivity (Wildman–Crippen MR) is 105 cm³/mol.